The van der Waals surface area contributed by atoms with Crippen LogP contribution in [0.15, 0.2) is 24.3 Å². The van der Waals surface area contributed by atoms with Crippen molar-refractivity contribution in [2.45, 2.75) is 52.5 Å². The summed E-state index contributed by atoms with van der Waals surface area (Å²) in [7, 11) is 1.80. The minimum absolute atomic E-state index is 0.107. The molecule has 0 fully saturated rings. The maximum atomic E-state index is 12.9. The number of anilines is 1. The Labute approximate surface area is 172 Å². The molecule has 1 aliphatic heterocycles. The lowest BCUT2D eigenvalue weighted by molar-refractivity contribution is 0.0786. The van der Waals surface area contributed by atoms with E-state index in [9.17, 15) is 9.59 Å². The molecule has 1 aromatic carbocycles. The number of fused-ring (bicyclic) bond motifs is 1. The van der Waals surface area contributed by atoms with E-state index >= 15 is 0 Å². The van der Waals surface area contributed by atoms with Crippen molar-refractivity contribution in [2.24, 2.45) is 0 Å². The fourth-order valence-electron chi connectivity index (χ4n) is 3.55. The summed E-state index contributed by atoms with van der Waals surface area (Å²) in [5.41, 5.74) is 1.96. The Hall–Kier alpha value is -2.83. The number of benzene rings is 1. The molecule has 0 radical (unpaired) electrons. The lowest BCUT2D eigenvalue weighted by atomic mass is 10.1. The van der Waals surface area contributed by atoms with Crippen LogP contribution < -0.4 is 10.1 Å². The lowest BCUT2D eigenvalue weighted by Crippen LogP contribution is -2.29. The predicted molar refractivity (Wildman–Crippen MR) is 113 cm³/mol. The molecule has 1 N–H and O–H groups in total. The van der Waals surface area contributed by atoms with Gasteiger partial charge in [-0.25, -0.2) is 4.98 Å². The lowest BCUT2D eigenvalue weighted by Gasteiger charge is -2.19. The zero-order valence-electron chi connectivity index (χ0n) is 17.5. The van der Waals surface area contributed by atoms with Crippen LogP contribution in [0.25, 0.3) is 0 Å². The molecule has 156 valence electrons. The highest BCUT2D eigenvalue weighted by Gasteiger charge is 2.28. The molecule has 3 rings (SSSR count). The van der Waals surface area contributed by atoms with Crippen LogP contribution in [0.5, 0.6) is 5.75 Å². The summed E-state index contributed by atoms with van der Waals surface area (Å²) in [6.45, 7) is 6.01. The van der Waals surface area contributed by atoms with Gasteiger partial charge in [-0.15, -0.1) is 0 Å². The highest BCUT2D eigenvalue weighted by molar-refractivity contribution is 6.03. The van der Waals surface area contributed by atoms with Crippen molar-refractivity contribution >= 4 is 17.5 Å². The van der Waals surface area contributed by atoms with Crippen LogP contribution in [0, 0.1) is 0 Å². The van der Waals surface area contributed by atoms with E-state index in [0.29, 0.717) is 36.9 Å². The third kappa shape index (κ3) is 4.78. The molecular weight excluding hydrogens is 368 g/mol. The van der Waals surface area contributed by atoms with E-state index < -0.39 is 0 Å². The van der Waals surface area contributed by atoms with Gasteiger partial charge in [0, 0.05) is 25.8 Å². The quantitative estimate of drug-likeness (QED) is 0.735. The average Bonchev–Trinajstić information content (AvgIpc) is 3.13. The largest absolute Gasteiger partial charge is 0.494 e. The fourth-order valence-corrected chi connectivity index (χ4v) is 3.55. The van der Waals surface area contributed by atoms with Crippen LogP contribution in [0.4, 0.5) is 5.69 Å². The van der Waals surface area contributed by atoms with E-state index in [2.05, 4.69) is 17.2 Å². The molecule has 0 bridgehead atoms. The molecule has 2 amide bonds. The van der Waals surface area contributed by atoms with E-state index in [4.69, 9.17) is 4.74 Å². The normalized spacial score (nSPS) is 12.9. The van der Waals surface area contributed by atoms with Crippen LogP contribution >= 0.6 is 0 Å². The minimum Gasteiger partial charge on any atom is -0.494 e. The highest BCUT2D eigenvalue weighted by Crippen LogP contribution is 2.23. The molecule has 0 saturated carbocycles. The first-order valence-electron chi connectivity index (χ1n) is 10.4. The van der Waals surface area contributed by atoms with Crippen LogP contribution in [0.1, 0.15) is 66.3 Å². The molecule has 7 heteroatoms. The molecule has 0 atom stereocenters. The third-order valence-corrected chi connectivity index (χ3v) is 5.14. The number of imidazole rings is 1. The molecule has 1 aliphatic rings. The number of hydrogen-bond acceptors (Lipinski definition) is 4. The molecule has 0 spiro atoms. The van der Waals surface area contributed by atoms with Gasteiger partial charge in [0.25, 0.3) is 11.8 Å². The van der Waals surface area contributed by atoms with Crippen LogP contribution in [0.2, 0.25) is 0 Å². The number of aromatic nitrogens is 2. The Bertz CT molecular complexity index is 858. The van der Waals surface area contributed by atoms with Gasteiger partial charge in [-0.3, -0.25) is 9.59 Å². The maximum Gasteiger partial charge on any atom is 0.291 e. The van der Waals surface area contributed by atoms with Crippen molar-refractivity contribution in [2.75, 3.05) is 25.5 Å². The molecule has 0 unspecified atom stereocenters. The molecule has 7 nitrogen and oxygen atoms in total. The number of hydrogen-bond donors (Lipinski definition) is 1. The standard InChI is InChI=1S/C22H30N4O3/c1-4-6-14-25(3)22(28)19-18-9-7-8-15-26(18)20(24-19)21(27)23-16-10-12-17(13-11-16)29-5-2/h10-13H,4-9,14-15H2,1-3H3,(H,23,27). The van der Waals surface area contributed by atoms with E-state index in [-0.39, 0.29) is 11.8 Å². The topological polar surface area (TPSA) is 76.5 Å². The van der Waals surface area contributed by atoms with Gasteiger partial charge in [0.15, 0.2) is 5.82 Å². The molecule has 29 heavy (non-hydrogen) atoms. The van der Waals surface area contributed by atoms with E-state index in [0.717, 1.165) is 43.5 Å². The third-order valence-electron chi connectivity index (χ3n) is 5.14. The van der Waals surface area contributed by atoms with Crippen LogP contribution in [-0.4, -0.2) is 46.5 Å². The van der Waals surface area contributed by atoms with Crippen molar-refractivity contribution in [1.29, 1.82) is 0 Å². The second-order valence-electron chi connectivity index (χ2n) is 7.33. The number of carbonyl (C=O) groups excluding carboxylic acids is 2. The Morgan fingerprint density at radius 2 is 1.97 bits per heavy atom. The molecule has 1 aromatic heterocycles. The van der Waals surface area contributed by atoms with Crippen LogP contribution in [-0.2, 0) is 13.0 Å². The predicted octanol–water partition coefficient (Wildman–Crippen LogP) is 3.74. The average molecular weight is 399 g/mol. The van der Waals surface area contributed by atoms with Crippen molar-refractivity contribution in [3.8, 4) is 5.75 Å². The van der Waals surface area contributed by atoms with Gasteiger partial charge in [-0.05, 0) is 56.9 Å². The summed E-state index contributed by atoms with van der Waals surface area (Å²) in [6, 6.07) is 7.23. The van der Waals surface area contributed by atoms with Gasteiger partial charge < -0.3 is 19.5 Å². The second kappa shape index (κ2) is 9.58. The fraction of sp³-hybridized carbons (Fsp3) is 0.500. The van der Waals surface area contributed by atoms with Gasteiger partial charge in [0.2, 0.25) is 0 Å². The number of ether oxygens (including phenoxy) is 1. The first kappa shape index (κ1) is 20.9. The van der Waals surface area contributed by atoms with Crippen LogP contribution in [0.3, 0.4) is 0 Å². The number of nitrogens with one attached hydrogen (secondary N) is 1. The first-order chi connectivity index (χ1) is 14.0. The van der Waals surface area contributed by atoms with Crippen molar-refractivity contribution in [1.82, 2.24) is 14.5 Å². The van der Waals surface area contributed by atoms with E-state index in [1.807, 2.05) is 23.6 Å². The summed E-state index contributed by atoms with van der Waals surface area (Å²) >= 11 is 0. The van der Waals surface area contributed by atoms with E-state index in [1.54, 1.807) is 24.1 Å². The Morgan fingerprint density at radius 3 is 2.66 bits per heavy atom. The van der Waals surface area contributed by atoms with Gasteiger partial charge in [-0.2, -0.15) is 0 Å². The monoisotopic (exact) mass is 398 g/mol. The molecule has 2 aromatic rings. The molecule has 2 heterocycles. The number of carbonyl (C=O) groups is 2. The Morgan fingerprint density at radius 1 is 1.21 bits per heavy atom. The Balaban J connectivity index is 1.82. The van der Waals surface area contributed by atoms with Gasteiger partial charge in [0.1, 0.15) is 11.4 Å². The molecule has 0 saturated heterocycles. The van der Waals surface area contributed by atoms with Gasteiger partial charge >= 0.3 is 0 Å². The van der Waals surface area contributed by atoms with Gasteiger partial charge in [0.05, 0.1) is 12.3 Å². The summed E-state index contributed by atoms with van der Waals surface area (Å²) in [4.78, 5) is 32.0. The second-order valence-corrected chi connectivity index (χ2v) is 7.33. The number of amides is 2. The van der Waals surface area contributed by atoms with Crippen molar-refractivity contribution < 1.29 is 14.3 Å². The summed E-state index contributed by atoms with van der Waals surface area (Å²) in [6.07, 6.45) is 4.72. The summed E-state index contributed by atoms with van der Waals surface area (Å²) in [5, 5.41) is 2.89. The zero-order chi connectivity index (χ0) is 20.8. The van der Waals surface area contributed by atoms with Crippen molar-refractivity contribution in [3.63, 3.8) is 0 Å². The van der Waals surface area contributed by atoms with Crippen molar-refractivity contribution in [3.05, 3.63) is 41.5 Å². The SMILES string of the molecule is CCCCN(C)C(=O)c1nc(C(=O)Nc2ccc(OCC)cc2)n2c1CCCC2. The maximum absolute atomic E-state index is 12.9. The summed E-state index contributed by atoms with van der Waals surface area (Å²) in [5.74, 6) is 0.657. The Kier molecular flexibility index (Phi) is 6.90. The van der Waals surface area contributed by atoms with E-state index in [1.165, 1.54) is 0 Å². The first-order valence-corrected chi connectivity index (χ1v) is 10.4. The smallest absolute Gasteiger partial charge is 0.291 e. The molecular formula is C22H30N4O3. The summed E-state index contributed by atoms with van der Waals surface area (Å²) < 4.78 is 7.34. The molecule has 0 aliphatic carbocycles. The number of nitrogens with zero attached hydrogens (tertiary/aromatic N) is 3. The number of unbranched alkanes of at least 4 members (excludes halogenated alkanes) is 1. The highest BCUT2D eigenvalue weighted by atomic mass is 16.5. The zero-order valence-corrected chi connectivity index (χ0v) is 17.5. The van der Waals surface area contributed by atoms with Gasteiger partial charge in [-0.1, -0.05) is 13.3 Å². The minimum atomic E-state index is -0.299. The number of rotatable bonds is 8.